The maximum atomic E-state index is 12.4. The van der Waals surface area contributed by atoms with Gasteiger partial charge in [0.15, 0.2) is 0 Å². The number of amides is 1. The number of benzene rings is 1. The normalized spacial score (nSPS) is 11.2. The van der Waals surface area contributed by atoms with Gasteiger partial charge >= 0.3 is 6.03 Å². The van der Waals surface area contributed by atoms with Crippen molar-refractivity contribution in [2.75, 3.05) is 26.2 Å². The number of aromatic nitrogens is 2. The van der Waals surface area contributed by atoms with Gasteiger partial charge < -0.3 is 20.4 Å². The van der Waals surface area contributed by atoms with Crippen LogP contribution in [0.4, 0.5) is 4.79 Å². The zero-order valence-corrected chi connectivity index (χ0v) is 15.5. The Kier molecular flexibility index (Phi) is 5.61. The van der Waals surface area contributed by atoms with E-state index in [-0.39, 0.29) is 0 Å². The van der Waals surface area contributed by atoms with Gasteiger partial charge in [-0.1, -0.05) is 13.8 Å². The van der Waals surface area contributed by atoms with Gasteiger partial charge in [-0.2, -0.15) is 0 Å². The topological polar surface area (TPSA) is 93.3 Å². The maximum Gasteiger partial charge on any atom is 0.325 e. The second kappa shape index (κ2) is 8.09. The van der Waals surface area contributed by atoms with E-state index in [0.29, 0.717) is 17.9 Å². The fraction of sp³-hybridized carbons (Fsp3) is 0.300. The summed E-state index contributed by atoms with van der Waals surface area (Å²) in [5.74, 6) is 0.761. The molecule has 0 saturated carbocycles. The van der Waals surface area contributed by atoms with E-state index in [4.69, 9.17) is 10.5 Å². The lowest BCUT2D eigenvalue weighted by atomic mass is 10.2. The second-order valence-electron chi connectivity index (χ2n) is 6.17. The Labute approximate surface area is 157 Å². The highest BCUT2D eigenvalue weighted by molar-refractivity contribution is 5.87. The van der Waals surface area contributed by atoms with Crippen LogP contribution in [0.2, 0.25) is 0 Å². The Hall–Kier alpha value is -3.06. The first-order valence-electron chi connectivity index (χ1n) is 8.94. The van der Waals surface area contributed by atoms with Gasteiger partial charge in [0, 0.05) is 35.8 Å². The van der Waals surface area contributed by atoms with Crippen molar-refractivity contribution in [3.63, 3.8) is 0 Å². The lowest BCUT2D eigenvalue weighted by molar-refractivity contribution is 0.223. The number of rotatable bonds is 7. The van der Waals surface area contributed by atoms with E-state index in [0.717, 1.165) is 40.9 Å². The van der Waals surface area contributed by atoms with Gasteiger partial charge in [0.1, 0.15) is 12.4 Å². The highest BCUT2D eigenvalue weighted by Gasteiger charge is 2.12. The number of ether oxygens (including phenoxy) is 1. The smallest absolute Gasteiger partial charge is 0.325 e. The average Bonchev–Trinajstić information content (AvgIpc) is 3.08. The Morgan fingerprint density at radius 1 is 1.30 bits per heavy atom. The van der Waals surface area contributed by atoms with Gasteiger partial charge in [-0.05, 0) is 37.4 Å². The number of likely N-dealkylation sites (N-methyl/N-ethyl adjacent to an activating group) is 1. The zero-order valence-electron chi connectivity index (χ0n) is 15.5. The van der Waals surface area contributed by atoms with E-state index < -0.39 is 11.6 Å². The third kappa shape index (κ3) is 4.03. The number of pyridine rings is 1. The van der Waals surface area contributed by atoms with Gasteiger partial charge in [0.2, 0.25) is 0 Å². The Bertz CT molecular complexity index is 1000. The summed E-state index contributed by atoms with van der Waals surface area (Å²) in [5.41, 5.74) is 6.51. The van der Waals surface area contributed by atoms with E-state index in [9.17, 15) is 9.59 Å². The standard InChI is InChI=1S/C20H23N4O3/c1-3-23(4-2)10-11-27-15-8-7-14-12-18(22-17(14)13-15)16-6-5-9-24(19(16)25)20(21)26/h6-9,12-13,22H,3-4,10-11H2,1-2H3,(H2,21,26). The van der Waals surface area contributed by atoms with Gasteiger partial charge in [0.05, 0.1) is 11.3 Å². The fourth-order valence-electron chi connectivity index (χ4n) is 2.98. The summed E-state index contributed by atoms with van der Waals surface area (Å²) in [4.78, 5) is 29.3. The minimum absolute atomic E-state index is 0.330. The minimum Gasteiger partial charge on any atom is -0.492 e. The lowest BCUT2D eigenvalue weighted by Gasteiger charge is -2.17. The molecule has 7 heteroatoms. The third-order valence-electron chi connectivity index (χ3n) is 4.57. The lowest BCUT2D eigenvalue weighted by Crippen LogP contribution is -2.31. The van der Waals surface area contributed by atoms with Crippen molar-refractivity contribution in [3.05, 3.63) is 52.9 Å². The molecule has 1 radical (unpaired) electrons. The Morgan fingerprint density at radius 3 is 2.78 bits per heavy atom. The molecule has 0 atom stereocenters. The number of primary amides is 1. The first-order valence-corrected chi connectivity index (χ1v) is 8.94. The van der Waals surface area contributed by atoms with Crippen molar-refractivity contribution in [2.24, 2.45) is 5.73 Å². The zero-order chi connectivity index (χ0) is 19.4. The molecule has 0 bridgehead atoms. The molecule has 0 unspecified atom stereocenters. The van der Waals surface area contributed by atoms with Crippen LogP contribution in [0.15, 0.2) is 41.3 Å². The van der Waals surface area contributed by atoms with Crippen LogP contribution in [-0.2, 0) is 0 Å². The highest BCUT2D eigenvalue weighted by Crippen LogP contribution is 2.25. The summed E-state index contributed by atoms with van der Waals surface area (Å²) in [6, 6.07) is 11.1. The minimum atomic E-state index is -0.835. The molecule has 0 saturated heterocycles. The molecule has 3 rings (SSSR count). The number of carbonyl (C=O) groups excluding carboxylic acids is 1. The van der Waals surface area contributed by atoms with Gasteiger partial charge in [-0.3, -0.25) is 4.79 Å². The third-order valence-corrected chi connectivity index (χ3v) is 4.57. The summed E-state index contributed by atoms with van der Waals surface area (Å²) in [5, 5.41) is 0.940. The molecule has 2 heterocycles. The van der Waals surface area contributed by atoms with Gasteiger partial charge in [0.25, 0.3) is 5.56 Å². The molecule has 141 valence electrons. The number of H-pyrrole nitrogens is 1. The number of aromatic amines is 1. The summed E-state index contributed by atoms with van der Waals surface area (Å²) in [6.45, 7) is 7.73. The molecule has 3 N–H and O–H groups in total. The van der Waals surface area contributed by atoms with E-state index in [1.807, 2.05) is 24.3 Å². The number of nitrogens with one attached hydrogen (secondary N) is 1. The molecule has 1 aromatic carbocycles. The van der Waals surface area contributed by atoms with Crippen molar-refractivity contribution in [1.82, 2.24) is 14.5 Å². The fourth-order valence-corrected chi connectivity index (χ4v) is 2.98. The number of hydrogen-bond acceptors (Lipinski definition) is 4. The predicted octanol–water partition coefficient (Wildman–Crippen LogP) is 2.44. The van der Waals surface area contributed by atoms with Crippen LogP contribution in [0.5, 0.6) is 5.75 Å². The molecule has 0 aliphatic rings. The second-order valence-corrected chi connectivity index (χ2v) is 6.17. The number of nitrogens with zero attached hydrogens (tertiary/aromatic N) is 2. The van der Waals surface area contributed by atoms with Gasteiger partial charge in [-0.15, -0.1) is 0 Å². The molecule has 0 aliphatic heterocycles. The van der Waals surface area contributed by atoms with Crippen LogP contribution in [-0.4, -0.2) is 46.7 Å². The Balaban J connectivity index is 1.83. The molecular formula is C20H23N4O3. The van der Waals surface area contributed by atoms with Crippen LogP contribution in [0.1, 0.15) is 13.8 Å². The van der Waals surface area contributed by atoms with Crippen LogP contribution < -0.4 is 16.0 Å². The molecule has 0 fully saturated rings. The quantitative estimate of drug-likeness (QED) is 0.671. The number of carbonyl (C=O) groups is 1. The van der Waals surface area contributed by atoms with Crippen LogP contribution in [0.25, 0.3) is 22.2 Å². The highest BCUT2D eigenvalue weighted by atomic mass is 16.5. The van der Waals surface area contributed by atoms with E-state index in [2.05, 4.69) is 29.8 Å². The van der Waals surface area contributed by atoms with E-state index in [1.54, 1.807) is 0 Å². The number of hydrogen-bond donors (Lipinski definition) is 2. The van der Waals surface area contributed by atoms with Crippen LogP contribution in [0.3, 0.4) is 0 Å². The van der Waals surface area contributed by atoms with Crippen molar-refractivity contribution in [2.45, 2.75) is 13.8 Å². The first kappa shape index (κ1) is 18.7. The van der Waals surface area contributed by atoms with Crippen molar-refractivity contribution in [3.8, 4) is 17.0 Å². The number of nitrogens with two attached hydrogens (primary N) is 1. The monoisotopic (exact) mass is 367 g/mol. The van der Waals surface area contributed by atoms with Crippen molar-refractivity contribution < 1.29 is 9.53 Å². The van der Waals surface area contributed by atoms with Crippen molar-refractivity contribution >= 4 is 16.9 Å². The van der Waals surface area contributed by atoms with Crippen molar-refractivity contribution in [1.29, 1.82) is 0 Å². The Morgan fingerprint density at radius 2 is 2.07 bits per heavy atom. The molecule has 0 spiro atoms. The number of fused-ring (bicyclic) bond motifs is 1. The van der Waals surface area contributed by atoms with E-state index in [1.165, 1.54) is 12.3 Å². The first-order chi connectivity index (χ1) is 13.0. The molecule has 0 aliphatic carbocycles. The molecule has 2 aromatic heterocycles. The summed E-state index contributed by atoms with van der Waals surface area (Å²) in [6.07, 6.45) is 1.23. The maximum absolute atomic E-state index is 12.4. The SMILES string of the molecule is CCN(CC)CCOc1ccc2cc(-c3c[c]cn(C(N)=O)c3=O)[nH]c2c1. The van der Waals surface area contributed by atoms with E-state index >= 15 is 0 Å². The molecule has 7 nitrogen and oxygen atoms in total. The molecule has 1 amide bonds. The average molecular weight is 367 g/mol. The molecule has 3 aromatic rings. The predicted molar refractivity (Wildman–Crippen MR) is 105 cm³/mol. The molecule has 27 heavy (non-hydrogen) atoms. The van der Waals surface area contributed by atoms with Crippen LogP contribution in [0, 0.1) is 6.07 Å². The summed E-state index contributed by atoms with van der Waals surface area (Å²) in [7, 11) is 0. The molecular weight excluding hydrogens is 344 g/mol. The summed E-state index contributed by atoms with van der Waals surface area (Å²) < 4.78 is 6.68. The largest absolute Gasteiger partial charge is 0.492 e. The van der Waals surface area contributed by atoms with Crippen LogP contribution >= 0.6 is 0 Å². The summed E-state index contributed by atoms with van der Waals surface area (Å²) >= 11 is 0. The van der Waals surface area contributed by atoms with Gasteiger partial charge in [-0.25, -0.2) is 9.36 Å².